The predicted molar refractivity (Wildman–Crippen MR) is 111 cm³/mol. The van der Waals surface area contributed by atoms with Gasteiger partial charge >= 0.3 is 0 Å². The Morgan fingerprint density at radius 1 is 1.30 bits per heavy atom. The Labute approximate surface area is 164 Å². The van der Waals surface area contributed by atoms with Crippen LogP contribution in [0, 0.1) is 5.41 Å². The first kappa shape index (κ1) is 21.8. The van der Waals surface area contributed by atoms with Crippen LogP contribution in [0.1, 0.15) is 57.8 Å². The fourth-order valence-corrected chi connectivity index (χ4v) is 4.20. The van der Waals surface area contributed by atoms with E-state index in [0.717, 1.165) is 50.9 Å². The molecule has 6 heteroatoms. The van der Waals surface area contributed by atoms with Crippen LogP contribution in [0.4, 0.5) is 0 Å². The van der Waals surface area contributed by atoms with Crippen molar-refractivity contribution in [3.05, 3.63) is 24.2 Å². The smallest absolute Gasteiger partial charge is 0.191 e. The Bertz CT molecular complexity index is 534. The maximum Gasteiger partial charge on any atom is 0.191 e. The van der Waals surface area contributed by atoms with E-state index in [4.69, 9.17) is 9.15 Å². The normalized spacial score (nSPS) is 18.0. The molecule has 1 aromatic heterocycles. The monoisotopic (exact) mass is 378 g/mol. The minimum Gasteiger partial charge on any atom is -0.468 e. The first-order valence-corrected chi connectivity index (χ1v) is 10.4. The van der Waals surface area contributed by atoms with Gasteiger partial charge in [0.2, 0.25) is 0 Å². The van der Waals surface area contributed by atoms with Gasteiger partial charge in [-0.05, 0) is 49.9 Å². The zero-order chi connectivity index (χ0) is 19.5. The summed E-state index contributed by atoms with van der Waals surface area (Å²) in [6, 6.07) is 4.21. The molecule has 0 radical (unpaired) electrons. The molecule has 154 valence electrons. The van der Waals surface area contributed by atoms with Gasteiger partial charge in [-0.2, -0.15) is 0 Å². The number of aliphatic imine (C=N–C) groups is 1. The van der Waals surface area contributed by atoms with Crippen LogP contribution in [-0.2, 0) is 4.74 Å². The number of hydrogen-bond acceptors (Lipinski definition) is 4. The molecule has 1 fully saturated rings. The van der Waals surface area contributed by atoms with Crippen molar-refractivity contribution in [3.8, 4) is 0 Å². The third kappa shape index (κ3) is 6.25. The molecular weight excluding hydrogens is 340 g/mol. The molecule has 1 heterocycles. The van der Waals surface area contributed by atoms with E-state index in [-0.39, 0.29) is 6.04 Å². The molecule has 0 amide bonds. The van der Waals surface area contributed by atoms with Crippen molar-refractivity contribution in [1.82, 2.24) is 15.5 Å². The molecule has 1 saturated carbocycles. The van der Waals surface area contributed by atoms with Gasteiger partial charge in [0.05, 0.1) is 12.3 Å². The summed E-state index contributed by atoms with van der Waals surface area (Å²) in [7, 11) is 3.63. The van der Waals surface area contributed by atoms with Gasteiger partial charge in [-0.15, -0.1) is 0 Å². The van der Waals surface area contributed by atoms with E-state index in [2.05, 4.69) is 40.4 Å². The highest BCUT2D eigenvalue weighted by Crippen LogP contribution is 2.40. The molecular formula is C21H38N4O2. The zero-order valence-corrected chi connectivity index (χ0v) is 17.6. The fraction of sp³-hybridized carbons (Fsp3) is 0.762. The molecule has 0 bridgehead atoms. The summed E-state index contributed by atoms with van der Waals surface area (Å²) in [5, 5.41) is 7.08. The van der Waals surface area contributed by atoms with Crippen LogP contribution in [-0.4, -0.2) is 57.8 Å². The molecule has 27 heavy (non-hydrogen) atoms. The number of nitrogens with zero attached hydrogens (tertiary/aromatic N) is 2. The van der Waals surface area contributed by atoms with E-state index >= 15 is 0 Å². The average Bonchev–Trinajstić information content (AvgIpc) is 3.38. The first-order chi connectivity index (χ1) is 13.2. The second-order valence-corrected chi connectivity index (χ2v) is 7.51. The molecule has 1 aliphatic rings. The second-order valence-electron chi connectivity index (χ2n) is 7.51. The number of ether oxygens (including phenoxy) is 1. The number of likely N-dealkylation sites (N-methyl/N-ethyl adjacent to an activating group) is 1. The van der Waals surface area contributed by atoms with Gasteiger partial charge in [0.25, 0.3) is 0 Å². The Hall–Kier alpha value is -1.53. The van der Waals surface area contributed by atoms with Gasteiger partial charge in [-0.3, -0.25) is 9.89 Å². The standard InChI is InChI=1S/C21H38N4O2/c1-5-25(6-2)18(19-10-9-14-27-19)16-23-20(22-3)24-17-21(13-15-26-4)11-7-8-12-21/h9-10,14,18H,5-8,11-13,15-17H2,1-4H3,(H2,22,23,24). The van der Waals surface area contributed by atoms with Gasteiger partial charge in [0, 0.05) is 33.9 Å². The van der Waals surface area contributed by atoms with Crippen LogP contribution in [0.15, 0.2) is 27.8 Å². The van der Waals surface area contributed by atoms with Gasteiger partial charge in [-0.1, -0.05) is 26.7 Å². The first-order valence-electron chi connectivity index (χ1n) is 10.4. The maximum atomic E-state index is 5.69. The molecule has 2 N–H and O–H groups in total. The summed E-state index contributed by atoms with van der Waals surface area (Å²) in [6.45, 7) is 8.88. The van der Waals surface area contributed by atoms with Gasteiger partial charge in [0.1, 0.15) is 5.76 Å². The maximum absolute atomic E-state index is 5.69. The summed E-state index contributed by atoms with van der Waals surface area (Å²) in [5.41, 5.74) is 0.340. The van der Waals surface area contributed by atoms with Crippen LogP contribution >= 0.6 is 0 Å². The lowest BCUT2D eigenvalue weighted by molar-refractivity contribution is 0.138. The highest BCUT2D eigenvalue weighted by Gasteiger charge is 2.33. The van der Waals surface area contributed by atoms with Crippen LogP contribution in [0.5, 0.6) is 0 Å². The van der Waals surface area contributed by atoms with Crippen molar-refractivity contribution >= 4 is 5.96 Å². The van der Waals surface area contributed by atoms with Crippen LogP contribution in [0.25, 0.3) is 0 Å². The molecule has 6 nitrogen and oxygen atoms in total. The average molecular weight is 379 g/mol. The molecule has 1 aliphatic carbocycles. The lowest BCUT2D eigenvalue weighted by atomic mass is 9.83. The lowest BCUT2D eigenvalue weighted by Crippen LogP contribution is -2.46. The van der Waals surface area contributed by atoms with E-state index in [0.29, 0.717) is 5.41 Å². The van der Waals surface area contributed by atoms with E-state index in [1.807, 2.05) is 13.1 Å². The van der Waals surface area contributed by atoms with E-state index in [1.54, 1.807) is 13.4 Å². The molecule has 1 aromatic rings. The molecule has 0 aliphatic heterocycles. The number of methoxy groups -OCH3 is 1. The van der Waals surface area contributed by atoms with Crippen LogP contribution < -0.4 is 10.6 Å². The SMILES string of the molecule is CCN(CC)C(CNC(=NC)NCC1(CCOC)CCCC1)c1ccco1. The number of rotatable bonds is 11. The second kappa shape index (κ2) is 11.3. The number of guanidine groups is 1. The third-order valence-electron chi connectivity index (χ3n) is 5.94. The Kier molecular flexibility index (Phi) is 9.15. The molecule has 0 spiro atoms. The van der Waals surface area contributed by atoms with E-state index < -0.39 is 0 Å². The molecule has 0 saturated heterocycles. The van der Waals surface area contributed by atoms with E-state index in [1.165, 1.54) is 25.7 Å². The van der Waals surface area contributed by atoms with Crippen molar-refractivity contribution in [1.29, 1.82) is 0 Å². The number of hydrogen-bond donors (Lipinski definition) is 2. The topological polar surface area (TPSA) is 62.0 Å². The molecule has 2 rings (SSSR count). The summed E-state index contributed by atoms with van der Waals surface area (Å²) in [6.07, 6.45) is 8.05. The molecule has 1 atom stereocenters. The van der Waals surface area contributed by atoms with Crippen LogP contribution in [0.2, 0.25) is 0 Å². The summed E-state index contributed by atoms with van der Waals surface area (Å²) >= 11 is 0. The quantitative estimate of drug-likeness (QED) is 0.456. The van der Waals surface area contributed by atoms with Crippen molar-refractivity contribution in [3.63, 3.8) is 0 Å². The highest BCUT2D eigenvalue weighted by atomic mass is 16.5. The number of furan rings is 1. The molecule has 1 unspecified atom stereocenters. The zero-order valence-electron chi connectivity index (χ0n) is 17.6. The fourth-order valence-electron chi connectivity index (χ4n) is 4.20. The predicted octanol–water partition coefficient (Wildman–Crippen LogP) is 3.42. The van der Waals surface area contributed by atoms with Gasteiger partial charge < -0.3 is 19.8 Å². The van der Waals surface area contributed by atoms with Crippen molar-refractivity contribution in [2.75, 3.05) is 46.9 Å². The van der Waals surface area contributed by atoms with Gasteiger partial charge in [-0.25, -0.2) is 0 Å². The Morgan fingerprint density at radius 2 is 2.04 bits per heavy atom. The summed E-state index contributed by atoms with van der Waals surface area (Å²) in [4.78, 5) is 6.84. The van der Waals surface area contributed by atoms with Crippen molar-refractivity contribution in [2.24, 2.45) is 10.4 Å². The Morgan fingerprint density at radius 3 is 2.59 bits per heavy atom. The lowest BCUT2D eigenvalue weighted by Gasteiger charge is -2.31. The molecule has 0 aromatic carbocycles. The van der Waals surface area contributed by atoms with E-state index in [9.17, 15) is 0 Å². The third-order valence-corrected chi connectivity index (χ3v) is 5.94. The van der Waals surface area contributed by atoms with Crippen LogP contribution in [0.3, 0.4) is 0 Å². The van der Waals surface area contributed by atoms with Crippen molar-refractivity contribution in [2.45, 2.75) is 52.0 Å². The summed E-state index contributed by atoms with van der Waals surface area (Å²) < 4.78 is 11.0. The minimum absolute atomic E-state index is 0.197. The van der Waals surface area contributed by atoms with Crippen molar-refractivity contribution < 1.29 is 9.15 Å². The van der Waals surface area contributed by atoms with Gasteiger partial charge in [0.15, 0.2) is 5.96 Å². The largest absolute Gasteiger partial charge is 0.468 e. The number of nitrogens with one attached hydrogen (secondary N) is 2. The highest BCUT2D eigenvalue weighted by molar-refractivity contribution is 5.79. The Balaban J connectivity index is 1.93. The summed E-state index contributed by atoms with van der Waals surface area (Å²) in [5.74, 6) is 1.86. The minimum atomic E-state index is 0.197.